The number of nitrogens with zero attached hydrogens (tertiary/aromatic N) is 3. The van der Waals surface area contributed by atoms with Gasteiger partial charge in [0.2, 0.25) is 0 Å². The highest BCUT2D eigenvalue weighted by Crippen LogP contribution is 2.39. The molecule has 1 aliphatic carbocycles. The maximum absolute atomic E-state index is 11.5. The van der Waals surface area contributed by atoms with Crippen molar-refractivity contribution >= 4 is 9.84 Å². The van der Waals surface area contributed by atoms with Crippen LogP contribution < -0.4 is 0 Å². The molecular formula is C13H15N3O3S. The first-order valence-corrected chi connectivity index (χ1v) is 8.25. The Bertz CT molecular complexity index is 731. The predicted molar refractivity (Wildman–Crippen MR) is 72.8 cm³/mol. The average Bonchev–Trinajstić information content (AvgIpc) is 3.17. The minimum absolute atomic E-state index is 0.148. The zero-order valence-corrected chi connectivity index (χ0v) is 11.8. The number of aromatic nitrogens is 3. The van der Waals surface area contributed by atoms with Gasteiger partial charge in [-0.3, -0.25) is 0 Å². The molecule has 1 saturated carbocycles. The van der Waals surface area contributed by atoms with Gasteiger partial charge >= 0.3 is 0 Å². The van der Waals surface area contributed by atoms with Crippen molar-refractivity contribution in [3.05, 3.63) is 30.1 Å². The van der Waals surface area contributed by atoms with Gasteiger partial charge in [0.15, 0.2) is 21.5 Å². The molecule has 0 atom stereocenters. The molecule has 1 fully saturated rings. The van der Waals surface area contributed by atoms with Gasteiger partial charge in [0, 0.05) is 17.9 Å². The quantitative estimate of drug-likeness (QED) is 0.914. The van der Waals surface area contributed by atoms with E-state index in [1.165, 1.54) is 6.26 Å². The topological polar surface area (TPSA) is 85.1 Å². The van der Waals surface area contributed by atoms with Crippen LogP contribution in [-0.2, 0) is 16.4 Å². The van der Waals surface area contributed by atoms with Crippen LogP contribution in [0, 0.1) is 0 Å². The van der Waals surface area contributed by atoms with E-state index in [0.29, 0.717) is 17.7 Å². The number of aliphatic hydroxyl groups excluding tert-OH is 1. The molecule has 2 aromatic rings. The molecule has 0 amide bonds. The molecule has 0 unspecified atom stereocenters. The maximum Gasteiger partial charge on any atom is 0.175 e. The van der Waals surface area contributed by atoms with E-state index in [9.17, 15) is 13.5 Å². The molecular weight excluding hydrogens is 278 g/mol. The summed E-state index contributed by atoms with van der Waals surface area (Å²) in [5.41, 5.74) is 0.802. The molecule has 0 spiro atoms. The van der Waals surface area contributed by atoms with Crippen molar-refractivity contribution in [2.45, 2.75) is 30.4 Å². The summed E-state index contributed by atoms with van der Waals surface area (Å²) in [6.45, 7) is -0.148. The summed E-state index contributed by atoms with van der Waals surface area (Å²) in [4.78, 5) is 0.279. The summed E-state index contributed by atoms with van der Waals surface area (Å²) in [5, 5.41) is 17.4. The molecule has 1 N–H and O–H groups in total. The van der Waals surface area contributed by atoms with Crippen molar-refractivity contribution in [2.75, 3.05) is 6.26 Å². The lowest BCUT2D eigenvalue weighted by Crippen LogP contribution is -2.03. The van der Waals surface area contributed by atoms with Crippen molar-refractivity contribution in [1.82, 2.24) is 14.8 Å². The highest BCUT2D eigenvalue weighted by Gasteiger charge is 2.29. The highest BCUT2D eigenvalue weighted by molar-refractivity contribution is 7.90. The monoisotopic (exact) mass is 293 g/mol. The van der Waals surface area contributed by atoms with Crippen molar-refractivity contribution < 1.29 is 13.5 Å². The van der Waals surface area contributed by atoms with E-state index < -0.39 is 9.84 Å². The first-order valence-electron chi connectivity index (χ1n) is 6.36. The third-order valence-corrected chi connectivity index (χ3v) is 4.49. The first kappa shape index (κ1) is 13.3. The lowest BCUT2D eigenvalue weighted by atomic mass is 10.2. The maximum atomic E-state index is 11.5. The van der Waals surface area contributed by atoms with Gasteiger partial charge < -0.3 is 9.67 Å². The fourth-order valence-corrected chi connectivity index (χ4v) is 2.83. The van der Waals surface area contributed by atoms with Crippen LogP contribution in [-0.4, -0.2) is 34.5 Å². The van der Waals surface area contributed by atoms with Crippen molar-refractivity contribution in [2.24, 2.45) is 0 Å². The third-order valence-electron chi connectivity index (χ3n) is 3.36. The van der Waals surface area contributed by atoms with Crippen molar-refractivity contribution in [3.63, 3.8) is 0 Å². The Labute approximate surface area is 117 Å². The SMILES string of the molecule is CS(=O)(=O)c1ccc(-c2nnc(CO)n2C2CC2)cc1. The summed E-state index contributed by atoms with van der Waals surface area (Å²) >= 11 is 0. The molecule has 0 radical (unpaired) electrons. The molecule has 6 nitrogen and oxygen atoms in total. The molecule has 1 aromatic carbocycles. The van der Waals surface area contributed by atoms with Gasteiger partial charge in [0.1, 0.15) is 6.61 Å². The van der Waals surface area contributed by atoms with Crippen molar-refractivity contribution in [1.29, 1.82) is 0 Å². The minimum atomic E-state index is -3.20. The molecule has 0 aliphatic heterocycles. The lowest BCUT2D eigenvalue weighted by molar-refractivity contribution is 0.265. The Balaban J connectivity index is 2.03. The number of sulfone groups is 1. The van der Waals surface area contributed by atoms with Gasteiger partial charge in [-0.1, -0.05) is 0 Å². The Morgan fingerprint density at radius 1 is 1.25 bits per heavy atom. The first-order chi connectivity index (χ1) is 9.50. The van der Waals surface area contributed by atoms with E-state index in [1.807, 2.05) is 4.57 Å². The smallest absolute Gasteiger partial charge is 0.175 e. The third kappa shape index (κ3) is 2.34. The average molecular weight is 293 g/mol. The van der Waals surface area contributed by atoms with Crippen LogP contribution >= 0.6 is 0 Å². The number of hydrogen-bond acceptors (Lipinski definition) is 5. The van der Waals surface area contributed by atoms with Crippen LogP contribution in [0.3, 0.4) is 0 Å². The fraction of sp³-hybridized carbons (Fsp3) is 0.385. The number of benzene rings is 1. The molecule has 1 aliphatic rings. The second kappa shape index (κ2) is 4.68. The molecule has 0 saturated heterocycles. The predicted octanol–water partition coefficient (Wildman–Crippen LogP) is 1.18. The zero-order chi connectivity index (χ0) is 14.3. The molecule has 0 bridgehead atoms. The number of hydrogen-bond donors (Lipinski definition) is 1. The summed E-state index contributed by atoms with van der Waals surface area (Å²) in [6, 6.07) is 6.92. The molecule has 7 heteroatoms. The largest absolute Gasteiger partial charge is 0.388 e. The van der Waals surface area contributed by atoms with Crippen molar-refractivity contribution in [3.8, 4) is 11.4 Å². The van der Waals surface area contributed by atoms with Crippen LogP contribution in [0.2, 0.25) is 0 Å². The second-order valence-electron chi connectivity index (χ2n) is 5.00. The van der Waals surface area contributed by atoms with E-state index in [0.717, 1.165) is 18.4 Å². The van der Waals surface area contributed by atoms with Crippen LogP contribution in [0.1, 0.15) is 24.7 Å². The second-order valence-corrected chi connectivity index (χ2v) is 7.01. The van der Waals surface area contributed by atoms with E-state index in [-0.39, 0.29) is 11.5 Å². The van der Waals surface area contributed by atoms with Gasteiger partial charge in [0.25, 0.3) is 0 Å². The van der Waals surface area contributed by atoms with Crippen LogP contribution in [0.15, 0.2) is 29.2 Å². The van der Waals surface area contributed by atoms with Gasteiger partial charge in [-0.15, -0.1) is 10.2 Å². The fourth-order valence-electron chi connectivity index (χ4n) is 2.20. The van der Waals surface area contributed by atoms with E-state index in [4.69, 9.17) is 0 Å². The van der Waals surface area contributed by atoms with E-state index in [1.54, 1.807) is 24.3 Å². The Morgan fingerprint density at radius 3 is 2.40 bits per heavy atom. The summed E-state index contributed by atoms with van der Waals surface area (Å²) in [7, 11) is -3.20. The van der Waals surface area contributed by atoms with E-state index >= 15 is 0 Å². The number of rotatable bonds is 4. The van der Waals surface area contributed by atoms with Gasteiger partial charge in [-0.05, 0) is 37.1 Å². The van der Waals surface area contributed by atoms with Crippen LogP contribution in [0.25, 0.3) is 11.4 Å². The molecule has 1 heterocycles. The number of aliphatic hydroxyl groups is 1. The van der Waals surface area contributed by atoms with Gasteiger partial charge in [-0.25, -0.2) is 8.42 Å². The lowest BCUT2D eigenvalue weighted by Gasteiger charge is -2.08. The standard InChI is InChI=1S/C13H15N3O3S/c1-20(18,19)11-6-2-9(3-7-11)13-15-14-12(8-17)16(13)10-4-5-10/h2-3,6-7,10,17H,4-5,8H2,1H3. The van der Waals surface area contributed by atoms with Crippen LogP contribution in [0.4, 0.5) is 0 Å². The summed E-state index contributed by atoms with van der Waals surface area (Å²) in [6.07, 6.45) is 3.29. The van der Waals surface area contributed by atoms with Gasteiger partial charge in [-0.2, -0.15) is 0 Å². The zero-order valence-electron chi connectivity index (χ0n) is 11.0. The van der Waals surface area contributed by atoms with Gasteiger partial charge in [0.05, 0.1) is 4.90 Å². The molecule has 106 valence electrons. The minimum Gasteiger partial charge on any atom is -0.388 e. The molecule has 20 heavy (non-hydrogen) atoms. The summed E-state index contributed by atoms with van der Waals surface area (Å²) in [5.74, 6) is 1.23. The Morgan fingerprint density at radius 2 is 1.90 bits per heavy atom. The highest BCUT2D eigenvalue weighted by atomic mass is 32.2. The van der Waals surface area contributed by atoms with E-state index in [2.05, 4.69) is 10.2 Å². The van der Waals surface area contributed by atoms with Crippen LogP contribution in [0.5, 0.6) is 0 Å². The Kier molecular flexibility index (Phi) is 3.10. The molecule has 1 aromatic heterocycles. The molecule has 3 rings (SSSR count). The summed E-state index contributed by atoms with van der Waals surface area (Å²) < 4.78 is 24.8. The Hall–Kier alpha value is -1.73. The normalized spacial score (nSPS) is 15.5.